The molecule has 0 aliphatic heterocycles. The monoisotopic (exact) mass is 500 g/mol. The largest absolute Gasteiger partial charge is 0.490 e. The Bertz CT molecular complexity index is 717. The maximum atomic E-state index is 6.22. The molecule has 7 heteroatoms. The number of benzene rings is 1. The van der Waals surface area contributed by atoms with Crippen LogP contribution in [-0.4, -0.2) is 23.8 Å². The van der Waals surface area contributed by atoms with Crippen molar-refractivity contribution in [2.24, 2.45) is 10.9 Å². The van der Waals surface area contributed by atoms with E-state index in [1.807, 2.05) is 13.0 Å². The topological polar surface area (TPSA) is 71.7 Å². The van der Waals surface area contributed by atoms with E-state index in [1.54, 1.807) is 6.26 Å². The molecule has 1 aromatic carbocycles. The summed E-state index contributed by atoms with van der Waals surface area (Å²) in [5.41, 5.74) is 3.10. The van der Waals surface area contributed by atoms with E-state index in [0.29, 0.717) is 19.0 Å². The first-order chi connectivity index (χ1) is 13.0. The molecule has 1 heterocycles. The van der Waals surface area contributed by atoms with Gasteiger partial charge in [-0.1, -0.05) is 31.1 Å². The summed E-state index contributed by atoms with van der Waals surface area (Å²) in [6.45, 7) is 12.6. The zero-order chi connectivity index (χ0) is 19.6. The number of ether oxygens (including phenoxy) is 1. The lowest BCUT2D eigenvalue weighted by molar-refractivity contribution is 0.191. The lowest BCUT2D eigenvalue weighted by atomic mass is 10.1. The van der Waals surface area contributed by atoms with E-state index in [2.05, 4.69) is 61.7 Å². The fraction of sp³-hybridized carbons (Fsp3) is 0.524. The highest BCUT2D eigenvalue weighted by Crippen LogP contribution is 2.24. The van der Waals surface area contributed by atoms with Gasteiger partial charge in [0.2, 0.25) is 0 Å². The molecule has 1 unspecified atom stereocenters. The van der Waals surface area contributed by atoms with Crippen molar-refractivity contribution in [3.8, 4) is 5.75 Å². The summed E-state index contributed by atoms with van der Waals surface area (Å²) in [7, 11) is 0. The predicted octanol–water partition coefficient (Wildman–Crippen LogP) is 4.67. The molecule has 1 atom stereocenters. The maximum absolute atomic E-state index is 6.22. The lowest BCUT2D eigenvalue weighted by Crippen LogP contribution is -2.36. The standard InChI is InChI=1S/C21H32N4O2.HI/c1-6-22-21(24-14-19-9-10-26-25-19)23-13-18-8-7-16(4)12-20(18)27-17(5)11-15(2)3;/h7-10,12,15,17H,6,11,13-14H2,1-5H3,(H2,22,23,24);1H. The first-order valence-electron chi connectivity index (χ1n) is 9.65. The predicted molar refractivity (Wildman–Crippen MR) is 124 cm³/mol. The Labute approximate surface area is 185 Å². The van der Waals surface area contributed by atoms with Gasteiger partial charge in [0, 0.05) is 18.2 Å². The molecule has 0 aliphatic carbocycles. The Balaban J connectivity index is 0.00000392. The van der Waals surface area contributed by atoms with Gasteiger partial charge >= 0.3 is 0 Å². The summed E-state index contributed by atoms with van der Waals surface area (Å²) in [4.78, 5) is 4.70. The van der Waals surface area contributed by atoms with Crippen LogP contribution in [0.1, 0.15) is 50.9 Å². The molecule has 0 saturated heterocycles. The molecule has 0 aliphatic rings. The van der Waals surface area contributed by atoms with Crippen LogP contribution in [0.2, 0.25) is 0 Å². The molecule has 28 heavy (non-hydrogen) atoms. The van der Waals surface area contributed by atoms with Gasteiger partial charge in [-0.05, 0) is 44.7 Å². The van der Waals surface area contributed by atoms with E-state index in [1.165, 1.54) is 5.56 Å². The maximum Gasteiger partial charge on any atom is 0.191 e. The van der Waals surface area contributed by atoms with E-state index < -0.39 is 0 Å². The molecule has 0 spiro atoms. The number of aryl methyl sites for hydroxylation is 1. The van der Waals surface area contributed by atoms with E-state index in [4.69, 9.17) is 14.3 Å². The van der Waals surface area contributed by atoms with Crippen LogP contribution in [-0.2, 0) is 13.1 Å². The van der Waals surface area contributed by atoms with E-state index >= 15 is 0 Å². The Kier molecular flexibility index (Phi) is 11.0. The van der Waals surface area contributed by atoms with Crippen molar-refractivity contribution in [2.75, 3.05) is 6.54 Å². The molecule has 2 aromatic rings. The number of halogens is 1. The van der Waals surface area contributed by atoms with Crippen LogP contribution in [0.15, 0.2) is 40.0 Å². The number of aromatic nitrogens is 1. The number of nitrogens with one attached hydrogen (secondary N) is 2. The Hall–Kier alpha value is -1.77. The summed E-state index contributed by atoms with van der Waals surface area (Å²) in [5, 5.41) is 10.4. The number of guanidine groups is 1. The van der Waals surface area contributed by atoms with Crippen LogP contribution in [0.4, 0.5) is 0 Å². The molecule has 0 bridgehead atoms. The van der Waals surface area contributed by atoms with Gasteiger partial charge in [0.15, 0.2) is 5.96 Å². The highest BCUT2D eigenvalue weighted by Gasteiger charge is 2.11. The van der Waals surface area contributed by atoms with Crippen molar-refractivity contribution in [3.63, 3.8) is 0 Å². The molecular formula is C21H33IN4O2. The fourth-order valence-electron chi connectivity index (χ4n) is 2.84. The van der Waals surface area contributed by atoms with Crippen LogP contribution >= 0.6 is 24.0 Å². The molecule has 2 N–H and O–H groups in total. The molecule has 0 amide bonds. The zero-order valence-electron chi connectivity index (χ0n) is 17.5. The summed E-state index contributed by atoms with van der Waals surface area (Å²) in [5.74, 6) is 2.26. The van der Waals surface area contributed by atoms with Crippen LogP contribution < -0.4 is 15.4 Å². The molecule has 0 saturated carbocycles. The SMILES string of the molecule is CCNC(=NCc1ccc(C)cc1OC(C)CC(C)C)NCc1ccon1.I. The molecular weight excluding hydrogens is 467 g/mol. The third kappa shape index (κ3) is 8.50. The third-order valence-electron chi connectivity index (χ3n) is 4.03. The van der Waals surface area contributed by atoms with Crippen molar-refractivity contribution >= 4 is 29.9 Å². The minimum absolute atomic E-state index is 0. The smallest absolute Gasteiger partial charge is 0.191 e. The lowest BCUT2D eigenvalue weighted by Gasteiger charge is -2.19. The van der Waals surface area contributed by atoms with E-state index in [-0.39, 0.29) is 30.1 Å². The average molecular weight is 500 g/mol. The van der Waals surface area contributed by atoms with Crippen molar-refractivity contribution in [3.05, 3.63) is 47.3 Å². The quantitative estimate of drug-likeness (QED) is 0.298. The van der Waals surface area contributed by atoms with Crippen LogP contribution in [0, 0.1) is 12.8 Å². The first-order valence-corrected chi connectivity index (χ1v) is 9.65. The van der Waals surface area contributed by atoms with Gasteiger partial charge < -0.3 is 19.9 Å². The number of hydrogen-bond donors (Lipinski definition) is 2. The summed E-state index contributed by atoms with van der Waals surface area (Å²) in [6, 6.07) is 8.12. The molecule has 156 valence electrons. The van der Waals surface area contributed by atoms with E-state index in [0.717, 1.165) is 35.9 Å². The molecule has 0 fully saturated rings. The van der Waals surface area contributed by atoms with Crippen LogP contribution in [0.25, 0.3) is 0 Å². The van der Waals surface area contributed by atoms with Gasteiger partial charge in [-0.25, -0.2) is 4.99 Å². The van der Waals surface area contributed by atoms with Gasteiger partial charge in [-0.15, -0.1) is 24.0 Å². The minimum Gasteiger partial charge on any atom is -0.490 e. The summed E-state index contributed by atoms with van der Waals surface area (Å²) >= 11 is 0. The Morgan fingerprint density at radius 1 is 1.21 bits per heavy atom. The van der Waals surface area contributed by atoms with Gasteiger partial charge in [-0.2, -0.15) is 0 Å². The van der Waals surface area contributed by atoms with Crippen molar-refractivity contribution < 1.29 is 9.26 Å². The second-order valence-corrected chi connectivity index (χ2v) is 7.21. The molecule has 0 radical (unpaired) electrons. The normalized spacial score (nSPS) is 12.4. The molecule has 2 rings (SSSR count). The Morgan fingerprint density at radius 3 is 2.64 bits per heavy atom. The van der Waals surface area contributed by atoms with Crippen LogP contribution in [0.5, 0.6) is 5.75 Å². The van der Waals surface area contributed by atoms with E-state index in [9.17, 15) is 0 Å². The van der Waals surface area contributed by atoms with Crippen molar-refractivity contribution in [1.29, 1.82) is 0 Å². The highest BCUT2D eigenvalue weighted by molar-refractivity contribution is 14.0. The first kappa shape index (κ1) is 24.3. The van der Waals surface area contributed by atoms with Crippen molar-refractivity contribution in [1.82, 2.24) is 15.8 Å². The average Bonchev–Trinajstić information content (AvgIpc) is 3.11. The van der Waals surface area contributed by atoms with Gasteiger partial charge in [0.1, 0.15) is 17.7 Å². The van der Waals surface area contributed by atoms with Gasteiger partial charge in [0.25, 0.3) is 0 Å². The molecule has 6 nitrogen and oxygen atoms in total. The molecule has 1 aromatic heterocycles. The third-order valence-corrected chi connectivity index (χ3v) is 4.03. The summed E-state index contributed by atoms with van der Waals surface area (Å²) < 4.78 is 11.1. The van der Waals surface area contributed by atoms with Gasteiger partial charge in [0.05, 0.1) is 19.2 Å². The zero-order valence-corrected chi connectivity index (χ0v) is 19.8. The van der Waals surface area contributed by atoms with Crippen molar-refractivity contribution in [2.45, 2.75) is 60.2 Å². The second kappa shape index (κ2) is 12.6. The number of aliphatic imine (C=N–C) groups is 1. The number of hydrogen-bond acceptors (Lipinski definition) is 4. The van der Waals surface area contributed by atoms with Crippen LogP contribution in [0.3, 0.4) is 0 Å². The fourth-order valence-corrected chi connectivity index (χ4v) is 2.84. The highest BCUT2D eigenvalue weighted by atomic mass is 127. The summed E-state index contributed by atoms with van der Waals surface area (Å²) in [6.07, 6.45) is 2.77. The Morgan fingerprint density at radius 2 is 2.00 bits per heavy atom. The minimum atomic E-state index is 0. The number of rotatable bonds is 9. The number of nitrogens with zero attached hydrogens (tertiary/aromatic N) is 2. The second-order valence-electron chi connectivity index (χ2n) is 7.21. The van der Waals surface area contributed by atoms with Gasteiger partial charge in [-0.3, -0.25) is 0 Å².